The standard InChI is InChI=1S/C17H16N2O3/c1-10(16-8-12-5-3-4-6-15(12)22-16)19-17(21)14-7-13(9-18-14)11(2)20/h3-10,18H,1-2H3,(H,19,21). The van der Waals surface area contributed by atoms with E-state index in [9.17, 15) is 9.59 Å². The minimum atomic E-state index is -0.277. The molecule has 0 bridgehead atoms. The van der Waals surface area contributed by atoms with Crippen LogP contribution in [0.5, 0.6) is 0 Å². The number of fused-ring (bicyclic) bond motifs is 1. The van der Waals surface area contributed by atoms with Crippen LogP contribution in [0, 0.1) is 0 Å². The second kappa shape index (κ2) is 5.52. The van der Waals surface area contributed by atoms with E-state index in [1.54, 1.807) is 6.07 Å². The quantitative estimate of drug-likeness (QED) is 0.724. The Kier molecular flexibility index (Phi) is 3.55. The first-order valence-corrected chi connectivity index (χ1v) is 7.03. The number of para-hydroxylation sites is 1. The lowest BCUT2D eigenvalue weighted by Gasteiger charge is -2.10. The number of hydrogen-bond donors (Lipinski definition) is 2. The number of H-pyrrole nitrogens is 1. The van der Waals surface area contributed by atoms with E-state index >= 15 is 0 Å². The third-order valence-electron chi connectivity index (χ3n) is 3.55. The molecule has 2 N–H and O–H groups in total. The molecule has 2 aromatic heterocycles. The van der Waals surface area contributed by atoms with Gasteiger partial charge in [-0.25, -0.2) is 0 Å². The minimum Gasteiger partial charge on any atom is -0.459 e. The van der Waals surface area contributed by atoms with E-state index in [0.717, 1.165) is 11.0 Å². The van der Waals surface area contributed by atoms with Gasteiger partial charge in [-0.05, 0) is 32.0 Å². The van der Waals surface area contributed by atoms with Crippen LogP contribution in [-0.2, 0) is 0 Å². The second-order valence-electron chi connectivity index (χ2n) is 5.24. The monoisotopic (exact) mass is 296 g/mol. The molecular formula is C17H16N2O3. The van der Waals surface area contributed by atoms with Crippen molar-refractivity contribution in [2.24, 2.45) is 0 Å². The first-order valence-electron chi connectivity index (χ1n) is 7.03. The molecule has 0 aliphatic rings. The molecule has 5 nitrogen and oxygen atoms in total. The highest BCUT2D eigenvalue weighted by atomic mass is 16.3. The lowest BCUT2D eigenvalue weighted by atomic mass is 10.2. The van der Waals surface area contributed by atoms with E-state index in [1.165, 1.54) is 13.1 Å². The number of aromatic nitrogens is 1. The SMILES string of the molecule is CC(=O)c1c[nH]c(C(=O)NC(C)c2cc3ccccc3o2)c1. The third-order valence-corrected chi connectivity index (χ3v) is 3.55. The van der Waals surface area contributed by atoms with Crippen molar-refractivity contribution in [1.29, 1.82) is 0 Å². The Morgan fingerprint density at radius 2 is 2.00 bits per heavy atom. The normalized spacial score (nSPS) is 12.3. The fourth-order valence-electron chi connectivity index (χ4n) is 2.29. The minimum absolute atomic E-state index is 0.0827. The average Bonchev–Trinajstić information content (AvgIpc) is 3.14. The molecule has 22 heavy (non-hydrogen) atoms. The molecule has 0 fully saturated rings. The zero-order chi connectivity index (χ0) is 15.7. The van der Waals surface area contributed by atoms with Crippen LogP contribution in [0.25, 0.3) is 11.0 Å². The number of furan rings is 1. The number of ketones is 1. The van der Waals surface area contributed by atoms with Gasteiger partial charge in [0.2, 0.25) is 0 Å². The molecule has 0 saturated carbocycles. The molecule has 0 aliphatic carbocycles. The molecule has 0 saturated heterocycles. The van der Waals surface area contributed by atoms with E-state index in [4.69, 9.17) is 4.42 Å². The number of aromatic amines is 1. The largest absolute Gasteiger partial charge is 0.459 e. The molecule has 1 atom stereocenters. The van der Waals surface area contributed by atoms with Gasteiger partial charge in [-0.1, -0.05) is 18.2 Å². The molecule has 3 aromatic rings. The van der Waals surface area contributed by atoms with E-state index in [1.807, 2.05) is 37.3 Å². The molecular weight excluding hydrogens is 280 g/mol. The Morgan fingerprint density at radius 3 is 2.68 bits per heavy atom. The number of benzene rings is 1. The summed E-state index contributed by atoms with van der Waals surface area (Å²) in [6, 6.07) is 10.9. The zero-order valence-electron chi connectivity index (χ0n) is 12.3. The summed E-state index contributed by atoms with van der Waals surface area (Å²) in [5.41, 5.74) is 1.63. The van der Waals surface area contributed by atoms with E-state index < -0.39 is 0 Å². The lowest BCUT2D eigenvalue weighted by molar-refractivity contribution is 0.0931. The number of carbonyl (C=O) groups is 2. The van der Waals surface area contributed by atoms with Crippen molar-refractivity contribution in [1.82, 2.24) is 10.3 Å². The molecule has 112 valence electrons. The van der Waals surface area contributed by atoms with Crippen LogP contribution in [0.3, 0.4) is 0 Å². The number of rotatable bonds is 4. The maximum atomic E-state index is 12.2. The lowest BCUT2D eigenvalue weighted by Crippen LogP contribution is -2.26. The van der Waals surface area contributed by atoms with Gasteiger partial charge in [0.15, 0.2) is 5.78 Å². The van der Waals surface area contributed by atoms with Gasteiger partial charge >= 0.3 is 0 Å². The van der Waals surface area contributed by atoms with Crippen LogP contribution in [0.4, 0.5) is 0 Å². The van der Waals surface area contributed by atoms with Crippen LogP contribution in [0.2, 0.25) is 0 Å². The van der Waals surface area contributed by atoms with Crippen LogP contribution in [0.1, 0.15) is 46.5 Å². The number of nitrogens with one attached hydrogen (secondary N) is 2. The average molecular weight is 296 g/mol. The van der Waals surface area contributed by atoms with E-state index in [2.05, 4.69) is 10.3 Å². The maximum absolute atomic E-state index is 12.2. The van der Waals surface area contributed by atoms with Gasteiger partial charge < -0.3 is 14.7 Å². The summed E-state index contributed by atoms with van der Waals surface area (Å²) < 4.78 is 5.73. The Hall–Kier alpha value is -2.82. The fourth-order valence-corrected chi connectivity index (χ4v) is 2.29. The highest BCUT2D eigenvalue weighted by Crippen LogP contribution is 2.23. The summed E-state index contributed by atoms with van der Waals surface area (Å²) in [4.78, 5) is 26.2. The highest BCUT2D eigenvalue weighted by Gasteiger charge is 2.17. The molecule has 0 spiro atoms. The van der Waals surface area contributed by atoms with E-state index in [0.29, 0.717) is 17.0 Å². The summed E-state index contributed by atoms with van der Waals surface area (Å²) in [5.74, 6) is 0.328. The van der Waals surface area contributed by atoms with Crippen LogP contribution in [0.15, 0.2) is 47.0 Å². The number of hydrogen-bond acceptors (Lipinski definition) is 3. The summed E-state index contributed by atoms with van der Waals surface area (Å²) in [6.45, 7) is 3.31. The van der Waals surface area contributed by atoms with Gasteiger partial charge in [-0.2, -0.15) is 0 Å². The van der Waals surface area contributed by atoms with Crippen molar-refractivity contribution in [2.45, 2.75) is 19.9 Å². The van der Waals surface area contributed by atoms with Crippen molar-refractivity contribution < 1.29 is 14.0 Å². The smallest absolute Gasteiger partial charge is 0.268 e. The predicted molar refractivity (Wildman–Crippen MR) is 82.9 cm³/mol. The molecule has 3 rings (SSSR count). The van der Waals surface area contributed by atoms with Gasteiger partial charge in [0.25, 0.3) is 5.91 Å². The van der Waals surface area contributed by atoms with E-state index in [-0.39, 0.29) is 17.7 Å². The predicted octanol–water partition coefficient (Wildman–Crippen LogP) is 3.45. The van der Waals surface area contributed by atoms with Crippen molar-refractivity contribution >= 4 is 22.7 Å². The molecule has 1 aromatic carbocycles. The van der Waals surface area contributed by atoms with Crippen molar-refractivity contribution in [3.63, 3.8) is 0 Å². The van der Waals surface area contributed by atoms with Gasteiger partial charge in [0, 0.05) is 17.1 Å². The number of carbonyl (C=O) groups excluding carboxylic acids is 2. The Morgan fingerprint density at radius 1 is 1.23 bits per heavy atom. The number of amides is 1. The summed E-state index contributed by atoms with van der Waals surface area (Å²) in [6.07, 6.45) is 1.53. The Bertz CT molecular complexity index is 811. The van der Waals surface area contributed by atoms with Gasteiger partial charge in [-0.15, -0.1) is 0 Å². The molecule has 0 aliphatic heterocycles. The third kappa shape index (κ3) is 2.65. The summed E-state index contributed by atoms with van der Waals surface area (Å²) in [7, 11) is 0. The van der Waals surface area contributed by atoms with Crippen molar-refractivity contribution in [3.05, 3.63) is 59.6 Å². The molecule has 1 unspecified atom stereocenters. The maximum Gasteiger partial charge on any atom is 0.268 e. The summed E-state index contributed by atoms with van der Waals surface area (Å²) in [5, 5.41) is 3.85. The zero-order valence-corrected chi connectivity index (χ0v) is 12.3. The van der Waals surface area contributed by atoms with Crippen molar-refractivity contribution in [2.75, 3.05) is 0 Å². The van der Waals surface area contributed by atoms with Crippen LogP contribution < -0.4 is 5.32 Å². The molecule has 0 radical (unpaired) electrons. The first kappa shape index (κ1) is 14.1. The molecule has 2 heterocycles. The van der Waals surface area contributed by atoms with Gasteiger partial charge in [-0.3, -0.25) is 9.59 Å². The molecule has 1 amide bonds. The first-order chi connectivity index (χ1) is 10.5. The highest BCUT2D eigenvalue weighted by molar-refractivity contribution is 5.99. The number of Topliss-reactive ketones (excluding diaryl/α,β-unsaturated/α-hetero) is 1. The Balaban J connectivity index is 1.76. The van der Waals surface area contributed by atoms with Crippen LogP contribution >= 0.6 is 0 Å². The summed E-state index contributed by atoms with van der Waals surface area (Å²) >= 11 is 0. The second-order valence-corrected chi connectivity index (χ2v) is 5.24. The Labute approximate surface area is 127 Å². The van der Waals surface area contributed by atoms with Crippen molar-refractivity contribution in [3.8, 4) is 0 Å². The molecule has 5 heteroatoms. The van der Waals surface area contributed by atoms with Crippen LogP contribution in [-0.4, -0.2) is 16.7 Å². The topological polar surface area (TPSA) is 75.1 Å². The fraction of sp³-hybridized carbons (Fsp3) is 0.176. The van der Waals surface area contributed by atoms with Gasteiger partial charge in [0.05, 0.1) is 6.04 Å². The van der Waals surface area contributed by atoms with Gasteiger partial charge in [0.1, 0.15) is 17.0 Å².